The van der Waals surface area contributed by atoms with E-state index in [0.717, 1.165) is 57.2 Å². The highest BCUT2D eigenvalue weighted by Crippen LogP contribution is 2.57. The van der Waals surface area contributed by atoms with Crippen LogP contribution in [0.1, 0.15) is 55.7 Å². The molecule has 0 radical (unpaired) electrons. The lowest BCUT2D eigenvalue weighted by molar-refractivity contribution is -0.179. The van der Waals surface area contributed by atoms with Gasteiger partial charge in [0.2, 0.25) is 11.8 Å². The van der Waals surface area contributed by atoms with Crippen molar-refractivity contribution in [2.75, 3.05) is 31.1 Å². The van der Waals surface area contributed by atoms with E-state index in [1.165, 1.54) is 17.7 Å². The van der Waals surface area contributed by atoms with Gasteiger partial charge in [0, 0.05) is 25.3 Å². The van der Waals surface area contributed by atoms with Crippen LogP contribution in [0.4, 0.5) is 5.69 Å². The summed E-state index contributed by atoms with van der Waals surface area (Å²) in [4.78, 5) is 30.2. The van der Waals surface area contributed by atoms with Crippen molar-refractivity contribution in [3.63, 3.8) is 0 Å². The molecule has 2 aliphatic heterocycles. The van der Waals surface area contributed by atoms with Crippen molar-refractivity contribution in [1.29, 1.82) is 0 Å². The largest absolute Gasteiger partial charge is 0.370 e. The normalized spacial score (nSPS) is 21.8. The monoisotopic (exact) mass is 431 g/mol. The first-order valence-corrected chi connectivity index (χ1v) is 12.1. The minimum absolute atomic E-state index is 0.0243. The third-order valence-corrected chi connectivity index (χ3v) is 7.61. The number of fused-ring (bicyclic) bond motifs is 1. The molecule has 1 N–H and O–H groups in total. The molecule has 5 nitrogen and oxygen atoms in total. The van der Waals surface area contributed by atoms with Gasteiger partial charge in [-0.05, 0) is 42.9 Å². The fourth-order valence-electron chi connectivity index (χ4n) is 6.10. The summed E-state index contributed by atoms with van der Waals surface area (Å²) in [7, 11) is 0. The molecule has 5 heteroatoms. The molecule has 1 atom stereocenters. The van der Waals surface area contributed by atoms with Crippen LogP contribution in [0.2, 0.25) is 0 Å². The van der Waals surface area contributed by atoms with Gasteiger partial charge in [-0.1, -0.05) is 67.8 Å². The third kappa shape index (κ3) is 3.78. The van der Waals surface area contributed by atoms with Crippen molar-refractivity contribution < 1.29 is 9.59 Å². The Bertz CT molecular complexity index is 968. The second-order valence-corrected chi connectivity index (χ2v) is 9.53. The van der Waals surface area contributed by atoms with Crippen molar-refractivity contribution >= 4 is 17.5 Å². The zero-order valence-electron chi connectivity index (χ0n) is 18.8. The van der Waals surface area contributed by atoms with Crippen molar-refractivity contribution in [3.05, 3.63) is 65.7 Å². The summed E-state index contributed by atoms with van der Waals surface area (Å²) >= 11 is 0. The fourth-order valence-corrected chi connectivity index (χ4v) is 6.10. The van der Waals surface area contributed by atoms with E-state index in [2.05, 4.69) is 46.6 Å². The molecule has 168 valence electrons. The summed E-state index contributed by atoms with van der Waals surface area (Å²) in [5.74, 6) is 0.112. The summed E-state index contributed by atoms with van der Waals surface area (Å²) in [6.07, 6.45) is 7.57. The number of β-lactam (4-membered cyclic amide) rings is 1. The molecule has 1 aliphatic carbocycles. The van der Waals surface area contributed by atoms with E-state index in [1.807, 2.05) is 23.1 Å². The Hall–Kier alpha value is -2.82. The molecule has 1 saturated carbocycles. The van der Waals surface area contributed by atoms with Gasteiger partial charge in [-0.2, -0.15) is 0 Å². The maximum Gasteiger partial charge on any atom is 0.239 e. The van der Waals surface area contributed by atoms with Gasteiger partial charge in [-0.15, -0.1) is 0 Å². The lowest BCUT2D eigenvalue weighted by atomic mass is 9.60. The van der Waals surface area contributed by atoms with E-state index in [1.54, 1.807) is 0 Å². The number of benzene rings is 2. The van der Waals surface area contributed by atoms with Crippen LogP contribution in [-0.2, 0) is 16.0 Å². The van der Waals surface area contributed by atoms with Crippen molar-refractivity contribution in [2.45, 2.75) is 51.0 Å². The Labute approximate surface area is 190 Å². The van der Waals surface area contributed by atoms with Crippen LogP contribution in [-0.4, -0.2) is 42.9 Å². The molecule has 0 bridgehead atoms. The lowest BCUT2D eigenvalue weighted by Gasteiger charge is -2.58. The van der Waals surface area contributed by atoms with Gasteiger partial charge in [0.05, 0.1) is 11.5 Å². The Balaban J connectivity index is 1.21. The molecule has 1 unspecified atom stereocenters. The third-order valence-electron chi connectivity index (χ3n) is 7.61. The van der Waals surface area contributed by atoms with Crippen LogP contribution in [0.25, 0.3) is 0 Å². The summed E-state index contributed by atoms with van der Waals surface area (Å²) in [5, 5.41) is 3.07. The predicted molar refractivity (Wildman–Crippen MR) is 126 cm³/mol. The number of nitrogens with one attached hydrogen (secondary N) is 1. The Morgan fingerprint density at radius 2 is 1.72 bits per heavy atom. The lowest BCUT2D eigenvalue weighted by Crippen LogP contribution is -2.65. The summed E-state index contributed by atoms with van der Waals surface area (Å²) < 4.78 is 0. The van der Waals surface area contributed by atoms with Gasteiger partial charge in [-0.3, -0.25) is 9.59 Å². The van der Waals surface area contributed by atoms with Crippen LogP contribution in [0.15, 0.2) is 54.6 Å². The van der Waals surface area contributed by atoms with Crippen LogP contribution in [0.5, 0.6) is 0 Å². The first-order valence-electron chi connectivity index (χ1n) is 12.1. The SMILES string of the molecule is O=C(CN1C(=O)C2(CCCCC2)C1c1ccccc1)NCCN1CCCc2ccccc21. The Morgan fingerprint density at radius 1 is 0.969 bits per heavy atom. The molecular formula is C27H33N3O2. The molecule has 3 aliphatic rings. The molecule has 2 fully saturated rings. The molecule has 2 aromatic rings. The van der Waals surface area contributed by atoms with E-state index in [4.69, 9.17) is 0 Å². The molecule has 2 heterocycles. The van der Waals surface area contributed by atoms with E-state index in [-0.39, 0.29) is 29.8 Å². The summed E-state index contributed by atoms with van der Waals surface area (Å²) in [5.41, 5.74) is 3.54. The highest BCUT2D eigenvalue weighted by molar-refractivity contribution is 5.94. The molecule has 5 rings (SSSR count). The van der Waals surface area contributed by atoms with E-state index >= 15 is 0 Å². The zero-order valence-corrected chi connectivity index (χ0v) is 18.8. The predicted octanol–water partition coefficient (Wildman–Crippen LogP) is 4.09. The van der Waals surface area contributed by atoms with Gasteiger partial charge < -0.3 is 15.1 Å². The quantitative estimate of drug-likeness (QED) is 0.701. The molecule has 2 amide bonds. The van der Waals surface area contributed by atoms with Crippen LogP contribution < -0.4 is 10.2 Å². The van der Waals surface area contributed by atoms with Gasteiger partial charge >= 0.3 is 0 Å². The van der Waals surface area contributed by atoms with Crippen LogP contribution in [0, 0.1) is 5.41 Å². The number of carbonyl (C=O) groups excluding carboxylic acids is 2. The molecule has 32 heavy (non-hydrogen) atoms. The second-order valence-electron chi connectivity index (χ2n) is 9.53. The number of likely N-dealkylation sites (tertiary alicyclic amines) is 1. The van der Waals surface area contributed by atoms with Gasteiger partial charge in [0.1, 0.15) is 6.54 Å². The average Bonchev–Trinajstić information content (AvgIpc) is 2.85. The summed E-state index contributed by atoms with van der Waals surface area (Å²) in [6.45, 7) is 2.56. The summed E-state index contributed by atoms with van der Waals surface area (Å²) in [6, 6.07) is 18.8. The average molecular weight is 432 g/mol. The van der Waals surface area contributed by atoms with Crippen molar-refractivity contribution in [1.82, 2.24) is 10.2 Å². The van der Waals surface area contributed by atoms with E-state index in [9.17, 15) is 9.59 Å². The highest BCUT2D eigenvalue weighted by atomic mass is 16.2. The highest BCUT2D eigenvalue weighted by Gasteiger charge is 2.60. The number of amides is 2. The number of carbonyl (C=O) groups is 2. The number of rotatable bonds is 6. The maximum atomic E-state index is 13.3. The zero-order chi connectivity index (χ0) is 22.0. The number of aryl methyl sites for hydroxylation is 1. The van der Waals surface area contributed by atoms with E-state index in [0.29, 0.717) is 6.54 Å². The first kappa shape index (κ1) is 21.0. The van der Waals surface area contributed by atoms with Crippen molar-refractivity contribution in [2.24, 2.45) is 5.41 Å². The van der Waals surface area contributed by atoms with Gasteiger partial charge in [0.25, 0.3) is 0 Å². The minimum atomic E-state index is -0.294. The number of hydrogen-bond donors (Lipinski definition) is 1. The molecule has 1 saturated heterocycles. The van der Waals surface area contributed by atoms with Crippen LogP contribution in [0.3, 0.4) is 0 Å². The first-order chi connectivity index (χ1) is 15.7. The molecule has 1 spiro atoms. The topological polar surface area (TPSA) is 52.7 Å². The molecule has 2 aromatic carbocycles. The molecular weight excluding hydrogens is 398 g/mol. The maximum absolute atomic E-state index is 13.3. The van der Waals surface area contributed by atoms with Crippen molar-refractivity contribution in [3.8, 4) is 0 Å². The standard InChI is InChI=1S/C27H33N3O2/c31-24(28-17-19-29-18-9-13-21-10-5-6-14-23(21)29)20-30-25(22-11-3-1-4-12-22)27(26(30)32)15-7-2-8-16-27/h1,3-6,10-12,14,25H,2,7-9,13,15-20H2,(H,28,31). The Morgan fingerprint density at radius 3 is 2.53 bits per heavy atom. The van der Waals surface area contributed by atoms with E-state index < -0.39 is 0 Å². The molecule has 0 aromatic heterocycles. The van der Waals surface area contributed by atoms with Gasteiger partial charge in [-0.25, -0.2) is 0 Å². The van der Waals surface area contributed by atoms with Gasteiger partial charge in [0.15, 0.2) is 0 Å². The number of anilines is 1. The fraction of sp³-hybridized carbons (Fsp3) is 0.481. The van der Waals surface area contributed by atoms with Crippen LogP contribution >= 0.6 is 0 Å². The Kier molecular flexibility index (Phi) is 5.90. The minimum Gasteiger partial charge on any atom is -0.370 e. The number of para-hydroxylation sites is 1. The number of nitrogens with zero attached hydrogens (tertiary/aromatic N) is 2. The number of hydrogen-bond acceptors (Lipinski definition) is 3. The smallest absolute Gasteiger partial charge is 0.239 e. The second kappa shape index (κ2) is 8.97.